The lowest BCUT2D eigenvalue weighted by Crippen LogP contribution is -2.48. The summed E-state index contributed by atoms with van der Waals surface area (Å²) in [5.74, 6) is 0.0124. The number of aliphatic hydroxyl groups excluding tert-OH is 1. The molecule has 0 radical (unpaired) electrons. The number of likely N-dealkylation sites (N-methyl/N-ethyl adjacent to an activating group) is 1. The number of anilines is 2. The highest BCUT2D eigenvalue weighted by Gasteiger charge is 2.32. The summed E-state index contributed by atoms with van der Waals surface area (Å²) >= 11 is 0. The van der Waals surface area contributed by atoms with Gasteiger partial charge in [0.25, 0.3) is 0 Å². The molecular weight excluding hydrogens is 484 g/mol. The van der Waals surface area contributed by atoms with Gasteiger partial charge in [-0.1, -0.05) is 25.1 Å². The minimum Gasteiger partial charge on any atom is -0.488 e. The summed E-state index contributed by atoms with van der Waals surface area (Å²) < 4.78 is 31.6. The molecule has 0 bridgehead atoms. The number of fused-ring (bicyclic) bond motifs is 1. The number of amides is 3. The van der Waals surface area contributed by atoms with Gasteiger partial charge >= 0.3 is 6.03 Å². The summed E-state index contributed by atoms with van der Waals surface area (Å²) in [5, 5.41) is 15.2. The maximum Gasteiger partial charge on any atom is 0.323 e. The van der Waals surface area contributed by atoms with Crippen LogP contribution in [0.5, 0.6) is 5.75 Å². The molecule has 0 saturated carbocycles. The van der Waals surface area contributed by atoms with E-state index in [0.29, 0.717) is 29.2 Å². The smallest absolute Gasteiger partial charge is 0.323 e. The lowest BCUT2D eigenvalue weighted by Gasteiger charge is -2.33. The number of ether oxygens (including phenoxy) is 1. The molecule has 196 valence electrons. The minimum absolute atomic E-state index is 0.00312. The molecule has 1 aliphatic heterocycles. The SMILES string of the molecule is C[C@@H]1CN([C@@H](C)CO)C(=O)Cc2cc(NC(=O)Nc3ccccc3)ccc2O[C@@H]1CN(C)S(C)(=O)=O. The molecule has 2 aromatic carbocycles. The highest BCUT2D eigenvalue weighted by Crippen LogP contribution is 2.29. The Morgan fingerprint density at radius 3 is 2.50 bits per heavy atom. The molecule has 0 aliphatic carbocycles. The van der Waals surface area contributed by atoms with E-state index < -0.39 is 28.2 Å². The average Bonchev–Trinajstić information content (AvgIpc) is 2.86. The van der Waals surface area contributed by atoms with E-state index in [1.807, 2.05) is 25.1 Å². The molecule has 0 aromatic heterocycles. The number of carbonyl (C=O) groups is 2. The van der Waals surface area contributed by atoms with Crippen LogP contribution in [-0.4, -0.2) is 79.8 Å². The van der Waals surface area contributed by atoms with Crippen LogP contribution in [0.2, 0.25) is 0 Å². The van der Waals surface area contributed by atoms with Crippen molar-refractivity contribution in [2.45, 2.75) is 32.4 Å². The van der Waals surface area contributed by atoms with E-state index in [2.05, 4.69) is 10.6 Å². The summed E-state index contributed by atoms with van der Waals surface area (Å²) in [7, 11) is -1.96. The molecule has 3 N–H and O–H groups in total. The van der Waals surface area contributed by atoms with E-state index in [1.54, 1.807) is 42.2 Å². The number of sulfonamides is 1. The number of rotatable bonds is 7. The van der Waals surface area contributed by atoms with Crippen LogP contribution in [0.1, 0.15) is 19.4 Å². The van der Waals surface area contributed by atoms with Crippen LogP contribution < -0.4 is 15.4 Å². The van der Waals surface area contributed by atoms with Gasteiger partial charge in [0.05, 0.1) is 31.9 Å². The van der Waals surface area contributed by atoms with Gasteiger partial charge in [0.2, 0.25) is 15.9 Å². The van der Waals surface area contributed by atoms with E-state index >= 15 is 0 Å². The predicted molar refractivity (Wildman–Crippen MR) is 139 cm³/mol. The van der Waals surface area contributed by atoms with E-state index in [0.717, 1.165) is 6.26 Å². The molecular formula is C25H34N4O6S. The van der Waals surface area contributed by atoms with E-state index in [1.165, 1.54) is 11.4 Å². The van der Waals surface area contributed by atoms with Crippen molar-refractivity contribution in [3.05, 3.63) is 54.1 Å². The largest absolute Gasteiger partial charge is 0.488 e. The molecule has 3 atom stereocenters. The summed E-state index contributed by atoms with van der Waals surface area (Å²) in [6, 6.07) is 13.2. The first-order valence-corrected chi connectivity index (χ1v) is 13.6. The zero-order valence-corrected chi connectivity index (χ0v) is 21.8. The fourth-order valence-electron chi connectivity index (χ4n) is 3.93. The molecule has 0 spiro atoms. The quantitative estimate of drug-likeness (QED) is 0.516. The molecule has 0 saturated heterocycles. The Morgan fingerprint density at radius 1 is 1.19 bits per heavy atom. The van der Waals surface area contributed by atoms with Gasteiger partial charge in [-0.05, 0) is 37.3 Å². The summed E-state index contributed by atoms with van der Waals surface area (Å²) in [5.41, 5.74) is 1.66. The number of hydrogen-bond acceptors (Lipinski definition) is 6. The van der Waals surface area contributed by atoms with Crippen LogP contribution in [0, 0.1) is 5.92 Å². The van der Waals surface area contributed by atoms with E-state index in [9.17, 15) is 23.1 Å². The van der Waals surface area contributed by atoms with E-state index in [4.69, 9.17) is 4.74 Å². The van der Waals surface area contributed by atoms with Crippen LogP contribution in [0.4, 0.5) is 16.2 Å². The van der Waals surface area contributed by atoms with Gasteiger partial charge < -0.3 is 25.4 Å². The monoisotopic (exact) mass is 518 g/mol. The first-order valence-electron chi connectivity index (χ1n) is 11.7. The third-order valence-electron chi connectivity index (χ3n) is 6.21. The van der Waals surface area contributed by atoms with Gasteiger partial charge in [0.15, 0.2) is 0 Å². The fourth-order valence-corrected chi connectivity index (χ4v) is 4.35. The predicted octanol–water partition coefficient (Wildman–Crippen LogP) is 2.37. The first-order chi connectivity index (χ1) is 17.0. The van der Waals surface area contributed by atoms with Crippen molar-refractivity contribution < 1.29 is 27.9 Å². The molecule has 1 aliphatic rings. The second-order valence-electron chi connectivity index (χ2n) is 9.20. The molecule has 3 rings (SSSR count). The number of nitrogens with zero attached hydrogens (tertiary/aromatic N) is 2. The third-order valence-corrected chi connectivity index (χ3v) is 7.49. The van der Waals surface area contributed by atoms with Crippen molar-refractivity contribution in [3.63, 3.8) is 0 Å². The van der Waals surface area contributed by atoms with Crippen molar-refractivity contribution in [1.29, 1.82) is 0 Å². The van der Waals surface area contributed by atoms with Crippen LogP contribution in [0.3, 0.4) is 0 Å². The minimum atomic E-state index is -3.45. The van der Waals surface area contributed by atoms with Crippen molar-refractivity contribution in [2.24, 2.45) is 5.92 Å². The molecule has 10 nitrogen and oxygen atoms in total. The highest BCUT2D eigenvalue weighted by molar-refractivity contribution is 7.88. The Balaban J connectivity index is 1.90. The van der Waals surface area contributed by atoms with Crippen LogP contribution in [-0.2, 0) is 21.2 Å². The lowest BCUT2D eigenvalue weighted by atomic mass is 10.0. The number of urea groups is 1. The maximum absolute atomic E-state index is 13.2. The number of carbonyl (C=O) groups excluding carboxylic acids is 2. The number of para-hydroxylation sites is 1. The van der Waals surface area contributed by atoms with Crippen LogP contribution in [0.25, 0.3) is 0 Å². The summed E-state index contributed by atoms with van der Waals surface area (Å²) in [6.45, 7) is 3.82. The topological polar surface area (TPSA) is 128 Å². The van der Waals surface area contributed by atoms with Gasteiger partial charge in [-0.15, -0.1) is 0 Å². The maximum atomic E-state index is 13.2. The molecule has 0 fully saturated rings. The van der Waals surface area contributed by atoms with Gasteiger partial charge in [0.1, 0.15) is 11.9 Å². The molecule has 3 amide bonds. The Kier molecular flexibility index (Phi) is 8.93. The van der Waals surface area contributed by atoms with Gasteiger partial charge in [0, 0.05) is 36.4 Å². The third kappa shape index (κ3) is 7.19. The molecule has 36 heavy (non-hydrogen) atoms. The highest BCUT2D eigenvalue weighted by atomic mass is 32.2. The zero-order valence-electron chi connectivity index (χ0n) is 21.0. The zero-order chi connectivity index (χ0) is 26.5. The lowest BCUT2D eigenvalue weighted by molar-refractivity contribution is -0.134. The van der Waals surface area contributed by atoms with Gasteiger partial charge in [-0.3, -0.25) is 4.79 Å². The number of nitrogens with one attached hydrogen (secondary N) is 2. The second-order valence-corrected chi connectivity index (χ2v) is 11.3. The average molecular weight is 519 g/mol. The summed E-state index contributed by atoms with van der Waals surface area (Å²) in [6.07, 6.45) is 0.572. The standard InChI is InChI=1S/C25H34N4O6S/c1-17-14-29(18(2)16-30)24(31)13-19-12-21(27-25(32)26-20-8-6-5-7-9-20)10-11-22(19)35-23(17)15-28(3)36(4,33)34/h5-12,17-18,23,30H,13-16H2,1-4H3,(H2,26,27,32)/t17-,18+,23-/m1/s1. The molecule has 1 heterocycles. The van der Waals surface area contributed by atoms with E-state index in [-0.39, 0.29) is 31.4 Å². The first kappa shape index (κ1) is 27.4. The Bertz CT molecular complexity index is 1170. The Hall–Kier alpha value is -3.15. The van der Waals surface area contributed by atoms with Crippen molar-refractivity contribution >= 4 is 33.3 Å². The van der Waals surface area contributed by atoms with Crippen LogP contribution in [0.15, 0.2) is 48.5 Å². The Labute approximate surface area is 212 Å². The number of hydrogen-bond donors (Lipinski definition) is 3. The molecule has 0 unspecified atom stereocenters. The van der Waals surface area contributed by atoms with Crippen molar-refractivity contribution in [2.75, 3.05) is 43.6 Å². The van der Waals surface area contributed by atoms with Crippen LogP contribution >= 0.6 is 0 Å². The molecule has 11 heteroatoms. The fraction of sp³-hybridized carbons (Fsp3) is 0.440. The Morgan fingerprint density at radius 2 is 1.86 bits per heavy atom. The number of benzene rings is 2. The second kappa shape index (κ2) is 11.7. The van der Waals surface area contributed by atoms with Gasteiger partial charge in [-0.25, -0.2) is 17.5 Å². The normalized spacial score (nSPS) is 19.4. The van der Waals surface area contributed by atoms with Crippen molar-refractivity contribution in [3.8, 4) is 5.75 Å². The van der Waals surface area contributed by atoms with Gasteiger partial charge in [-0.2, -0.15) is 0 Å². The number of aliphatic hydroxyl groups is 1. The summed E-state index contributed by atoms with van der Waals surface area (Å²) in [4.78, 5) is 27.3. The van der Waals surface area contributed by atoms with Crippen molar-refractivity contribution in [1.82, 2.24) is 9.21 Å². The molecule has 2 aromatic rings.